The molecule has 0 N–H and O–H groups in total. The lowest BCUT2D eigenvalue weighted by molar-refractivity contribution is 0.00567. The Balaban J connectivity index is 2.07. The second kappa shape index (κ2) is 1.46. The molecular formula is C8H10O2. The Hall–Kier alpha value is -0.340. The molecule has 54 valence electrons. The van der Waals surface area contributed by atoms with Crippen LogP contribution in [0.25, 0.3) is 0 Å². The predicted octanol–water partition coefficient (Wildman–Crippen LogP) is 0.730. The van der Waals surface area contributed by atoms with Gasteiger partial charge in [-0.15, -0.1) is 0 Å². The molecule has 0 aromatic heterocycles. The Kier molecular flexibility index (Phi) is 0.778. The summed E-state index contributed by atoms with van der Waals surface area (Å²) in [6.07, 6.45) is 5.95. The van der Waals surface area contributed by atoms with Crippen molar-refractivity contribution in [1.29, 1.82) is 0 Å². The van der Waals surface area contributed by atoms with Gasteiger partial charge in [0.15, 0.2) is 0 Å². The zero-order valence-corrected chi connectivity index (χ0v) is 5.75. The Morgan fingerprint density at radius 1 is 1.50 bits per heavy atom. The number of ether oxygens (including phenoxy) is 2. The lowest BCUT2D eigenvalue weighted by Crippen LogP contribution is -2.30. The lowest BCUT2D eigenvalue weighted by Gasteiger charge is -2.18. The van der Waals surface area contributed by atoms with Gasteiger partial charge in [0.2, 0.25) is 0 Å². The van der Waals surface area contributed by atoms with Crippen molar-refractivity contribution in [1.82, 2.24) is 0 Å². The van der Waals surface area contributed by atoms with Crippen molar-refractivity contribution >= 4 is 0 Å². The molecule has 0 aliphatic carbocycles. The number of hydrogen-bond donors (Lipinski definition) is 0. The van der Waals surface area contributed by atoms with Crippen LogP contribution in [0.15, 0.2) is 12.2 Å². The summed E-state index contributed by atoms with van der Waals surface area (Å²) in [5.74, 6) is 0.655. The Morgan fingerprint density at radius 3 is 3.30 bits per heavy atom. The highest BCUT2D eigenvalue weighted by atomic mass is 16.6. The first kappa shape index (κ1) is 5.33. The third-order valence-corrected chi connectivity index (χ3v) is 2.82. The van der Waals surface area contributed by atoms with Gasteiger partial charge < -0.3 is 9.47 Å². The molecule has 1 spiro atoms. The van der Waals surface area contributed by atoms with Gasteiger partial charge in [0.1, 0.15) is 5.60 Å². The molecule has 10 heavy (non-hydrogen) atoms. The summed E-state index contributed by atoms with van der Waals surface area (Å²) in [7, 11) is 0. The van der Waals surface area contributed by atoms with Crippen molar-refractivity contribution < 1.29 is 9.47 Å². The van der Waals surface area contributed by atoms with Gasteiger partial charge in [0.25, 0.3) is 0 Å². The topological polar surface area (TPSA) is 18.5 Å². The average molecular weight is 138 g/mol. The van der Waals surface area contributed by atoms with Crippen LogP contribution in [0.1, 0.15) is 6.42 Å². The second-order valence-electron chi connectivity index (χ2n) is 3.42. The van der Waals surface area contributed by atoms with E-state index in [0.717, 1.165) is 13.2 Å². The van der Waals surface area contributed by atoms with E-state index in [1.807, 2.05) is 0 Å². The third-order valence-electron chi connectivity index (χ3n) is 2.82. The summed E-state index contributed by atoms with van der Waals surface area (Å²) in [6.45, 7) is 1.69. The SMILES string of the molecule is C1=C[C@@]23COC[C@@H]2C[C@@H]1O3. The highest BCUT2D eigenvalue weighted by molar-refractivity contribution is 5.22. The molecule has 3 atom stereocenters. The van der Waals surface area contributed by atoms with Gasteiger partial charge in [-0.05, 0) is 6.42 Å². The van der Waals surface area contributed by atoms with E-state index in [0.29, 0.717) is 12.0 Å². The Labute approximate surface area is 59.8 Å². The molecule has 3 aliphatic rings. The smallest absolute Gasteiger partial charge is 0.115 e. The predicted molar refractivity (Wildman–Crippen MR) is 35.7 cm³/mol. The molecule has 3 heterocycles. The van der Waals surface area contributed by atoms with Crippen LogP contribution in [0, 0.1) is 5.92 Å². The second-order valence-corrected chi connectivity index (χ2v) is 3.42. The maximum atomic E-state index is 5.75. The molecule has 3 rings (SSSR count). The van der Waals surface area contributed by atoms with Crippen molar-refractivity contribution in [3.8, 4) is 0 Å². The van der Waals surface area contributed by atoms with Crippen LogP contribution in [0.4, 0.5) is 0 Å². The molecule has 0 aromatic carbocycles. The molecule has 0 saturated carbocycles. The molecule has 0 radical (unpaired) electrons. The fourth-order valence-corrected chi connectivity index (χ4v) is 2.24. The van der Waals surface area contributed by atoms with Crippen LogP contribution in [0.3, 0.4) is 0 Å². The molecule has 2 fully saturated rings. The van der Waals surface area contributed by atoms with Crippen LogP contribution < -0.4 is 0 Å². The van der Waals surface area contributed by atoms with Crippen LogP contribution >= 0.6 is 0 Å². The Bertz CT molecular complexity index is 199. The fourth-order valence-electron chi connectivity index (χ4n) is 2.24. The minimum atomic E-state index is 0.0185. The van der Waals surface area contributed by atoms with Crippen molar-refractivity contribution in [3.05, 3.63) is 12.2 Å². The zero-order valence-electron chi connectivity index (χ0n) is 5.75. The minimum absolute atomic E-state index is 0.0185. The molecule has 2 bridgehead atoms. The maximum Gasteiger partial charge on any atom is 0.115 e. The molecule has 0 aromatic rings. The minimum Gasteiger partial charge on any atom is -0.378 e. The van der Waals surface area contributed by atoms with Gasteiger partial charge in [-0.2, -0.15) is 0 Å². The number of fused-ring (bicyclic) bond motifs is 1. The van der Waals surface area contributed by atoms with Gasteiger partial charge in [0, 0.05) is 5.92 Å². The summed E-state index contributed by atoms with van der Waals surface area (Å²) < 4.78 is 11.1. The van der Waals surface area contributed by atoms with Crippen LogP contribution in [0.5, 0.6) is 0 Å². The van der Waals surface area contributed by atoms with E-state index in [-0.39, 0.29) is 5.60 Å². The van der Waals surface area contributed by atoms with Crippen molar-refractivity contribution in [2.45, 2.75) is 18.1 Å². The molecule has 0 unspecified atom stereocenters. The molecule has 2 saturated heterocycles. The van der Waals surface area contributed by atoms with Crippen molar-refractivity contribution in [2.75, 3.05) is 13.2 Å². The quantitative estimate of drug-likeness (QED) is 0.459. The van der Waals surface area contributed by atoms with Gasteiger partial charge in [-0.25, -0.2) is 0 Å². The highest BCUT2D eigenvalue weighted by Gasteiger charge is 2.53. The van der Waals surface area contributed by atoms with Crippen LogP contribution in [-0.4, -0.2) is 24.9 Å². The number of hydrogen-bond acceptors (Lipinski definition) is 2. The molecular weight excluding hydrogens is 128 g/mol. The van der Waals surface area contributed by atoms with Crippen LogP contribution in [-0.2, 0) is 9.47 Å². The highest BCUT2D eigenvalue weighted by Crippen LogP contribution is 2.46. The van der Waals surface area contributed by atoms with E-state index >= 15 is 0 Å². The normalized spacial score (nSPS) is 56.0. The fraction of sp³-hybridized carbons (Fsp3) is 0.750. The van der Waals surface area contributed by atoms with Crippen LogP contribution in [0.2, 0.25) is 0 Å². The van der Waals surface area contributed by atoms with Gasteiger partial charge in [-0.3, -0.25) is 0 Å². The van der Waals surface area contributed by atoms with E-state index in [1.165, 1.54) is 6.42 Å². The van der Waals surface area contributed by atoms with E-state index in [9.17, 15) is 0 Å². The van der Waals surface area contributed by atoms with E-state index in [2.05, 4.69) is 12.2 Å². The van der Waals surface area contributed by atoms with Gasteiger partial charge in [-0.1, -0.05) is 12.2 Å². The summed E-state index contributed by atoms with van der Waals surface area (Å²) in [6, 6.07) is 0. The standard InChI is InChI=1S/C8H10O2/c1-2-8-5-9-4-6(8)3-7(1)10-8/h1-2,6-7H,3-5H2/t6-,7+,8+/m0/s1. The first-order valence-electron chi connectivity index (χ1n) is 3.84. The van der Waals surface area contributed by atoms with Gasteiger partial charge in [0.05, 0.1) is 19.3 Å². The number of rotatable bonds is 0. The average Bonchev–Trinajstić information content (AvgIpc) is 2.48. The van der Waals surface area contributed by atoms with Gasteiger partial charge >= 0.3 is 0 Å². The molecule has 2 heteroatoms. The van der Waals surface area contributed by atoms with E-state index < -0.39 is 0 Å². The maximum absolute atomic E-state index is 5.75. The summed E-state index contributed by atoms with van der Waals surface area (Å²) in [4.78, 5) is 0. The zero-order chi connectivity index (χ0) is 6.60. The first-order valence-corrected chi connectivity index (χ1v) is 3.84. The largest absolute Gasteiger partial charge is 0.378 e. The van der Waals surface area contributed by atoms with Crippen molar-refractivity contribution in [2.24, 2.45) is 5.92 Å². The summed E-state index contributed by atoms with van der Waals surface area (Å²) in [5, 5.41) is 0. The van der Waals surface area contributed by atoms with Crippen molar-refractivity contribution in [3.63, 3.8) is 0 Å². The van der Waals surface area contributed by atoms with E-state index in [1.54, 1.807) is 0 Å². The molecule has 2 nitrogen and oxygen atoms in total. The van der Waals surface area contributed by atoms with E-state index in [4.69, 9.17) is 9.47 Å². The Morgan fingerprint density at radius 2 is 2.50 bits per heavy atom. The summed E-state index contributed by atoms with van der Waals surface area (Å²) >= 11 is 0. The summed E-state index contributed by atoms with van der Waals surface area (Å²) in [5.41, 5.74) is 0.0185. The first-order chi connectivity index (χ1) is 4.89. The molecule has 0 amide bonds. The monoisotopic (exact) mass is 138 g/mol. The molecule has 3 aliphatic heterocycles. The third kappa shape index (κ3) is 0.444. The lowest BCUT2D eigenvalue weighted by atomic mass is 9.86.